The van der Waals surface area contributed by atoms with Crippen LogP contribution in [-0.4, -0.2) is 67.1 Å². The predicted molar refractivity (Wildman–Crippen MR) is 60.1 cm³/mol. The van der Waals surface area contributed by atoms with Gasteiger partial charge in [0.2, 0.25) is 5.91 Å². The molecule has 1 N–H and O–H groups in total. The smallest absolute Gasteiger partial charge is 0.411 e. The van der Waals surface area contributed by atoms with Crippen LogP contribution in [0.3, 0.4) is 0 Å². The summed E-state index contributed by atoms with van der Waals surface area (Å²) in [6.45, 7) is -1.82. The van der Waals surface area contributed by atoms with Gasteiger partial charge in [-0.1, -0.05) is 0 Å². The number of alkyl halides is 3. The molecule has 0 saturated carbocycles. The van der Waals surface area contributed by atoms with Gasteiger partial charge in [-0.3, -0.25) is 4.79 Å². The molecule has 1 heterocycles. The van der Waals surface area contributed by atoms with Crippen LogP contribution >= 0.6 is 0 Å². The molecule has 0 aromatic carbocycles. The maximum absolute atomic E-state index is 11.8. The van der Waals surface area contributed by atoms with E-state index in [1.165, 1.54) is 4.90 Å². The maximum Gasteiger partial charge on any atom is 0.411 e. The van der Waals surface area contributed by atoms with Crippen LogP contribution in [0.4, 0.5) is 13.2 Å². The summed E-state index contributed by atoms with van der Waals surface area (Å²) in [4.78, 5) is 23.3. The molecular weight excluding hydrogens is 283 g/mol. The van der Waals surface area contributed by atoms with Crippen molar-refractivity contribution in [1.82, 2.24) is 4.90 Å². The number of hydrogen-bond acceptors (Lipinski definition) is 4. The first kappa shape index (κ1) is 16.7. The highest BCUT2D eigenvalue weighted by Crippen LogP contribution is 2.16. The molecule has 20 heavy (non-hydrogen) atoms. The number of amides is 1. The van der Waals surface area contributed by atoms with Gasteiger partial charge >= 0.3 is 12.1 Å². The van der Waals surface area contributed by atoms with Crippen LogP contribution in [0.25, 0.3) is 0 Å². The van der Waals surface area contributed by atoms with Crippen molar-refractivity contribution in [1.29, 1.82) is 0 Å². The standard InChI is InChI=1S/C11H16F3NO5/c12-11(13,14)7-19-5-9(16)15-3-1-8(2-4-15)20-6-10(17)18/h8H,1-7H2,(H,17,18). The van der Waals surface area contributed by atoms with Gasteiger partial charge in [0.05, 0.1) is 6.10 Å². The second kappa shape index (κ2) is 7.44. The first-order valence-electron chi connectivity index (χ1n) is 6.03. The first-order valence-corrected chi connectivity index (χ1v) is 6.03. The number of carbonyl (C=O) groups excluding carboxylic acids is 1. The Hall–Kier alpha value is -1.35. The van der Waals surface area contributed by atoms with Crippen LogP contribution in [0, 0.1) is 0 Å². The number of carboxylic acid groups (broad SMARTS) is 1. The van der Waals surface area contributed by atoms with Crippen molar-refractivity contribution >= 4 is 11.9 Å². The number of halogens is 3. The van der Waals surface area contributed by atoms with Crippen molar-refractivity contribution in [2.75, 3.05) is 32.9 Å². The lowest BCUT2D eigenvalue weighted by atomic mass is 10.1. The van der Waals surface area contributed by atoms with Crippen LogP contribution in [0.2, 0.25) is 0 Å². The molecule has 0 radical (unpaired) electrons. The van der Waals surface area contributed by atoms with E-state index < -0.39 is 37.9 Å². The molecule has 1 aliphatic heterocycles. The van der Waals surface area contributed by atoms with Gasteiger partial charge in [-0.15, -0.1) is 0 Å². The Morgan fingerprint density at radius 1 is 1.20 bits per heavy atom. The minimum atomic E-state index is -4.45. The summed E-state index contributed by atoms with van der Waals surface area (Å²) < 4.78 is 44.9. The van der Waals surface area contributed by atoms with Crippen molar-refractivity contribution in [2.24, 2.45) is 0 Å². The van der Waals surface area contributed by atoms with E-state index in [1.54, 1.807) is 0 Å². The lowest BCUT2D eigenvalue weighted by molar-refractivity contribution is -0.178. The molecule has 1 rings (SSSR count). The quantitative estimate of drug-likeness (QED) is 0.779. The van der Waals surface area contributed by atoms with Crippen molar-refractivity contribution in [2.45, 2.75) is 25.1 Å². The van der Waals surface area contributed by atoms with E-state index in [-0.39, 0.29) is 6.10 Å². The largest absolute Gasteiger partial charge is 0.480 e. The molecule has 116 valence electrons. The van der Waals surface area contributed by atoms with E-state index >= 15 is 0 Å². The highest BCUT2D eigenvalue weighted by molar-refractivity contribution is 5.77. The monoisotopic (exact) mass is 299 g/mol. The molecule has 1 saturated heterocycles. The van der Waals surface area contributed by atoms with Crippen molar-refractivity contribution in [3.8, 4) is 0 Å². The lowest BCUT2D eigenvalue weighted by Crippen LogP contribution is -2.43. The Kier molecular flexibility index (Phi) is 6.21. The Balaban J connectivity index is 2.20. The molecule has 1 fully saturated rings. The number of ether oxygens (including phenoxy) is 2. The molecule has 9 heteroatoms. The van der Waals surface area contributed by atoms with Gasteiger partial charge in [-0.25, -0.2) is 4.79 Å². The minimum absolute atomic E-state index is 0.244. The first-order chi connectivity index (χ1) is 9.28. The van der Waals surface area contributed by atoms with Crippen LogP contribution in [0.15, 0.2) is 0 Å². The number of nitrogens with zero attached hydrogens (tertiary/aromatic N) is 1. The lowest BCUT2D eigenvalue weighted by Gasteiger charge is -2.31. The summed E-state index contributed by atoms with van der Waals surface area (Å²) in [6, 6.07) is 0. The van der Waals surface area contributed by atoms with E-state index in [0.29, 0.717) is 25.9 Å². The Morgan fingerprint density at radius 2 is 1.80 bits per heavy atom. The molecule has 1 aliphatic rings. The normalized spacial score (nSPS) is 17.2. The highest BCUT2D eigenvalue weighted by Gasteiger charge is 2.29. The van der Waals surface area contributed by atoms with Crippen LogP contribution < -0.4 is 0 Å². The van der Waals surface area contributed by atoms with Gasteiger partial charge in [-0.05, 0) is 12.8 Å². The van der Waals surface area contributed by atoms with E-state index in [0.717, 1.165) is 0 Å². The Labute approximate surface area is 113 Å². The average Bonchev–Trinajstić information content (AvgIpc) is 2.35. The number of aliphatic carboxylic acids is 1. The van der Waals surface area contributed by atoms with Crippen LogP contribution in [-0.2, 0) is 19.1 Å². The Morgan fingerprint density at radius 3 is 2.30 bits per heavy atom. The van der Waals surface area contributed by atoms with E-state index in [1.807, 2.05) is 0 Å². The Bertz CT molecular complexity index is 339. The van der Waals surface area contributed by atoms with Gasteiger partial charge in [0.1, 0.15) is 19.8 Å². The molecule has 0 aliphatic carbocycles. The van der Waals surface area contributed by atoms with Gasteiger partial charge < -0.3 is 19.5 Å². The number of likely N-dealkylation sites (tertiary alicyclic amines) is 1. The second-order valence-corrected chi connectivity index (χ2v) is 4.39. The van der Waals surface area contributed by atoms with E-state index in [2.05, 4.69) is 4.74 Å². The van der Waals surface area contributed by atoms with Gasteiger partial charge in [0.15, 0.2) is 0 Å². The molecule has 6 nitrogen and oxygen atoms in total. The zero-order valence-electron chi connectivity index (χ0n) is 10.7. The maximum atomic E-state index is 11.8. The third-order valence-electron chi connectivity index (χ3n) is 2.73. The fourth-order valence-electron chi connectivity index (χ4n) is 1.81. The minimum Gasteiger partial charge on any atom is -0.480 e. The van der Waals surface area contributed by atoms with Crippen LogP contribution in [0.1, 0.15) is 12.8 Å². The number of piperidine rings is 1. The van der Waals surface area contributed by atoms with Crippen molar-refractivity contribution in [3.05, 3.63) is 0 Å². The van der Waals surface area contributed by atoms with Crippen LogP contribution in [0.5, 0.6) is 0 Å². The van der Waals surface area contributed by atoms with E-state index in [9.17, 15) is 22.8 Å². The summed E-state index contributed by atoms with van der Waals surface area (Å²) >= 11 is 0. The zero-order valence-corrected chi connectivity index (χ0v) is 10.7. The molecule has 0 aromatic heterocycles. The average molecular weight is 299 g/mol. The third-order valence-corrected chi connectivity index (χ3v) is 2.73. The van der Waals surface area contributed by atoms with Gasteiger partial charge in [0.25, 0.3) is 0 Å². The number of carboxylic acids is 1. The van der Waals surface area contributed by atoms with Gasteiger partial charge in [-0.2, -0.15) is 13.2 Å². The molecule has 0 unspecified atom stereocenters. The second-order valence-electron chi connectivity index (χ2n) is 4.39. The molecule has 0 bridgehead atoms. The summed E-state index contributed by atoms with van der Waals surface area (Å²) in [5.74, 6) is -1.57. The van der Waals surface area contributed by atoms with E-state index in [4.69, 9.17) is 9.84 Å². The summed E-state index contributed by atoms with van der Waals surface area (Å²) in [5, 5.41) is 8.45. The van der Waals surface area contributed by atoms with Crippen molar-refractivity contribution < 1.29 is 37.3 Å². The van der Waals surface area contributed by atoms with Gasteiger partial charge in [0, 0.05) is 13.1 Å². The SMILES string of the molecule is O=C(O)COC1CCN(C(=O)COCC(F)(F)F)CC1. The number of carbonyl (C=O) groups is 2. The number of hydrogen-bond donors (Lipinski definition) is 1. The zero-order chi connectivity index (χ0) is 15.2. The summed E-state index contributed by atoms with van der Waals surface area (Å²) in [7, 11) is 0. The molecule has 0 aromatic rings. The fraction of sp³-hybridized carbons (Fsp3) is 0.818. The highest BCUT2D eigenvalue weighted by atomic mass is 19.4. The molecule has 0 spiro atoms. The number of rotatable bonds is 6. The predicted octanol–water partition coefficient (Wildman–Crippen LogP) is 0.657. The molecule has 1 amide bonds. The summed E-state index contributed by atoms with van der Waals surface area (Å²) in [5.41, 5.74) is 0. The fourth-order valence-corrected chi connectivity index (χ4v) is 1.81. The third kappa shape index (κ3) is 6.71. The van der Waals surface area contributed by atoms with Crippen molar-refractivity contribution in [3.63, 3.8) is 0 Å². The topological polar surface area (TPSA) is 76.1 Å². The molecule has 0 atom stereocenters. The molecular formula is C11H16F3NO5. The summed E-state index contributed by atoms with van der Waals surface area (Å²) in [6.07, 6.45) is -3.78.